The molecule has 0 aliphatic carbocycles. The first-order valence-electron chi connectivity index (χ1n) is 18.7. The number of benzene rings is 8. The summed E-state index contributed by atoms with van der Waals surface area (Å²) in [6.45, 7) is 0. The maximum absolute atomic E-state index is 6.70. The van der Waals surface area contributed by atoms with Gasteiger partial charge in [0, 0.05) is 38.2 Å². The highest BCUT2D eigenvalue weighted by molar-refractivity contribution is 6.17. The van der Waals surface area contributed by atoms with Crippen LogP contribution in [0.4, 0.5) is 0 Å². The van der Waals surface area contributed by atoms with Gasteiger partial charge in [-0.15, -0.1) is 0 Å². The highest BCUT2D eigenvalue weighted by Gasteiger charge is 2.21. The van der Waals surface area contributed by atoms with Crippen LogP contribution in [0.1, 0.15) is 0 Å². The minimum atomic E-state index is 0.557. The second-order valence-corrected chi connectivity index (χ2v) is 13.9. The normalized spacial score (nSPS) is 11.6. The molecular weight excluding hydrogens is 687 g/mol. The Balaban J connectivity index is 1.07. The summed E-state index contributed by atoms with van der Waals surface area (Å²) in [5.41, 5.74) is 12.6. The van der Waals surface area contributed by atoms with Crippen LogP contribution in [0.2, 0.25) is 0 Å². The van der Waals surface area contributed by atoms with Crippen LogP contribution in [0.15, 0.2) is 197 Å². The van der Waals surface area contributed by atoms with Crippen molar-refractivity contribution in [3.05, 3.63) is 188 Å². The quantitative estimate of drug-likeness (QED) is 0.171. The Hall–Kier alpha value is -7.63. The zero-order valence-electron chi connectivity index (χ0n) is 30.1. The van der Waals surface area contributed by atoms with Crippen LogP contribution in [0, 0.1) is 0 Å². The summed E-state index contributed by atoms with van der Waals surface area (Å²) in [5.74, 6) is 1.77. The molecule has 0 radical (unpaired) electrons. The van der Waals surface area contributed by atoms with E-state index in [1.165, 1.54) is 5.56 Å². The van der Waals surface area contributed by atoms with Crippen LogP contribution in [0.3, 0.4) is 0 Å². The summed E-state index contributed by atoms with van der Waals surface area (Å²) in [6, 6.07) is 64.5. The molecule has 0 N–H and O–H groups in total. The standard InChI is InChI=1S/C51H31N3O2/c1-4-14-32(15-5-1)35-20-12-21-36(30-35)39-28-27-38(46-41-22-10-11-25-44(41)56-48(39)46)37-26-29-45-43(31-37)40-23-13-24-42(47(40)55-45)51-53-49(33-16-6-2-7-17-33)52-50(54-51)34-18-8-3-9-19-34/h1-31H. The molecule has 0 amide bonds. The first-order chi connectivity index (χ1) is 27.7. The molecule has 0 aliphatic heterocycles. The summed E-state index contributed by atoms with van der Waals surface area (Å²) in [5, 5.41) is 4.17. The largest absolute Gasteiger partial charge is 0.455 e. The minimum Gasteiger partial charge on any atom is -0.455 e. The number of hydrogen-bond donors (Lipinski definition) is 0. The van der Waals surface area contributed by atoms with E-state index in [4.69, 9.17) is 23.8 Å². The van der Waals surface area contributed by atoms with E-state index in [0.717, 1.165) is 88.4 Å². The van der Waals surface area contributed by atoms with Crippen LogP contribution in [0.25, 0.3) is 111 Å². The Labute approximate surface area is 322 Å². The molecule has 0 atom stereocenters. The lowest BCUT2D eigenvalue weighted by molar-refractivity contribution is 0.669. The second-order valence-electron chi connectivity index (χ2n) is 13.9. The van der Waals surface area contributed by atoms with E-state index in [1.54, 1.807) is 0 Å². The second kappa shape index (κ2) is 13.0. The van der Waals surface area contributed by atoms with Crippen molar-refractivity contribution in [1.29, 1.82) is 0 Å². The van der Waals surface area contributed by atoms with E-state index in [-0.39, 0.29) is 0 Å². The summed E-state index contributed by atoms with van der Waals surface area (Å²) in [7, 11) is 0. The van der Waals surface area contributed by atoms with E-state index in [0.29, 0.717) is 17.5 Å². The number of para-hydroxylation sites is 2. The van der Waals surface area contributed by atoms with Gasteiger partial charge in [0.05, 0.1) is 5.56 Å². The Kier molecular flexibility index (Phi) is 7.42. The molecule has 262 valence electrons. The molecule has 0 bridgehead atoms. The van der Waals surface area contributed by atoms with E-state index >= 15 is 0 Å². The Morgan fingerprint density at radius 2 is 0.821 bits per heavy atom. The molecule has 0 saturated carbocycles. The van der Waals surface area contributed by atoms with Gasteiger partial charge in [0.1, 0.15) is 22.3 Å². The number of hydrogen-bond acceptors (Lipinski definition) is 5. The third-order valence-corrected chi connectivity index (χ3v) is 10.6. The van der Waals surface area contributed by atoms with Crippen molar-refractivity contribution in [3.63, 3.8) is 0 Å². The number of nitrogens with zero attached hydrogens (tertiary/aromatic N) is 3. The zero-order valence-corrected chi connectivity index (χ0v) is 30.1. The molecule has 11 rings (SSSR count). The van der Waals surface area contributed by atoms with Crippen LogP contribution < -0.4 is 0 Å². The smallest absolute Gasteiger partial charge is 0.167 e. The zero-order chi connectivity index (χ0) is 37.0. The van der Waals surface area contributed by atoms with E-state index < -0.39 is 0 Å². The molecule has 3 heterocycles. The van der Waals surface area contributed by atoms with Gasteiger partial charge in [-0.2, -0.15) is 0 Å². The number of furan rings is 2. The minimum absolute atomic E-state index is 0.557. The van der Waals surface area contributed by atoms with Crippen molar-refractivity contribution in [2.24, 2.45) is 0 Å². The molecule has 56 heavy (non-hydrogen) atoms. The fraction of sp³-hybridized carbons (Fsp3) is 0. The van der Waals surface area contributed by atoms with Crippen molar-refractivity contribution in [2.45, 2.75) is 0 Å². The van der Waals surface area contributed by atoms with Gasteiger partial charge < -0.3 is 8.83 Å². The molecule has 11 aromatic rings. The van der Waals surface area contributed by atoms with E-state index in [9.17, 15) is 0 Å². The summed E-state index contributed by atoms with van der Waals surface area (Å²) < 4.78 is 13.4. The molecule has 3 aromatic heterocycles. The van der Waals surface area contributed by atoms with Crippen molar-refractivity contribution in [1.82, 2.24) is 15.0 Å². The molecule has 5 heteroatoms. The molecule has 0 spiro atoms. The van der Waals surface area contributed by atoms with Crippen LogP contribution in [-0.2, 0) is 0 Å². The average molecular weight is 718 g/mol. The topological polar surface area (TPSA) is 65.0 Å². The van der Waals surface area contributed by atoms with Crippen molar-refractivity contribution >= 4 is 43.9 Å². The number of rotatable bonds is 6. The Bertz CT molecular complexity index is 3180. The maximum atomic E-state index is 6.70. The monoisotopic (exact) mass is 717 g/mol. The molecule has 0 saturated heterocycles. The van der Waals surface area contributed by atoms with Crippen molar-refractivity contribution in [2.75, 3.05) is 0 Å². The average Bonchev–Trinajstić information content (AvgIpc) is 3.86. The molecule has 5 nitrogen and oxygen atoms in total. The summed E-state index contributed by atoms with van der Waals surface area (Å²) in [6.07, 6.45) is 0. The van der Waals surface area contributed by atoms with Gasteiger partial charge in [0.2, 0.25) is 0 Å². The summed E-state index contributed by atoms with van der Waals surface area (Å²) in [4.78, 5) is 14.9. The predicted octanol–water partition coefficient (Wildman–Crippen LogP) is 13.7. The first-order valence-corrected chi connectivity index (χ1v) is 18.7. The van der Waals surface area contributed by atoms with Gasteiger partial charge in [-0.1, -0.05) is 152 Å². The highest BCUT2D eigenvalue weighted by atomic mass is 16.3. The van der Waals surface area contributed by atoms with E-state index in [1.807, 2.05) is 91.0 Å². The lowest BCUT2D eigenvalue weighted by Gasteiger charge is -2.10. The van der Waals surface area contributed by atoms with Crippen LogP contribution in [0.5, 0.6) is 0 Å². The van der Waals surface area contributed by atoms with Gasteiger partial charge in [-0.25, -0.2) is 15.0 Å². The third-order valence-electron chi connectivity index (χ3n) is 10.6. The Morgan fingerprint density at radius 3 is 1.57 bits per heavy atom. The number of aromatic nitrogens is 3. The molecule has 0 unspecified atom stereocenters. The fourth-order valence-electron chi connectivity index (χ4n) is 7.86. The third kappa shape index (κ3) is 5.37. The van der Waals surface area contributed by atoms with Crippen LogP contribution in [-0.4, -0.2) is 15.0 Å². The maximum Gasteiger partial charge on any atom is 0.167 e. The SMILES string of the molecule is c1ccc(-c2cccc(-c3ccc(-c4ccc5oc6c(-c7nc(-c8ccccc8)nc(-c8ccccc8)n7)cccc6c5c4)c4c3oc3ccccc34)c2)cc1. The molecular formula is C51H31N3O2. The number of fused-ring (bicyclic) bond motifs is 6. The summed E-state index contributed by atoms with van der Waals surface area (Å²) >= 11 is 0. The van der Waals surface area contributed by atoms with Gasteiger partial charge in [0.15, 0.2) is 17.5 Å². The van der Waals surface area contributed by atoms with Gasteiger partial charge >= 0.3 is 0 Å². The molecule has 8 aromatic carbocycles. The first kappa shape index (κ1) is 31.9. The van der Waals surface area contributed by atoms with Gasteiger partial charge in [-0.05, 0) is 64.2 Å². The van der Waals surface area contributed by atoms with Crippen molar-refractivity contribution in [3.8, 4) is 67.5 Å². The molecule has 0 fully saturated rings. The fourth-order valence-corrected chi connectivity index (χ4v) is 7.86. The lowest BCUT2D eigenvalue weighted by Crippen LogP contribution is -2.00. The van der Waals surface area contributed by atoms with Gasteiger partial charge in [0.25, 0.3) is 0 Å². The Morgan fingerprint density at radius 1 is 0.286 bits per heavy atom. The highest BCUT2D eigenvalue weighted by Crippen LogP contribution is 2.44. The van der Waals surface area contributed by atoms with E-state index in [2.05, 4.69) is 97.1 Å². The lowest BCUT2D eigenvalue weighted by atomic mass is 9.93. The molecule has 0 aliphatic rings. The van der Waals surface area contributed by atoms with Gasteiger partial charge in [-0.3, -0.25) is 0 Å². The van der Waals surface area contributed by atoms with Crippen LogP contribution >= 0.6 is 0 Å². The predicted molar refractivity (Wildman–Crippen MR) is 227 cm³/mol. The van der Waals surface area contributed by atoms with Crippen molar-refractivity contribution < 1.29 is 8.83 Å².